The molecule has 0 atom stereocenters. The quantitative estimate of drug-likeness (QED) is 0.442. The molecular formula is C21H23F3N6O3. The molecule has 0 bridgehead atoms. The van der Waals surface area contributed by atoms with Crippen molar-refractivity contribution in [3.05, 3.63) is 47.2 Å². The fourth-order valence-corrected chi connectivity index (χ4v) is 3.12. The van der Waals surface area contributed by atoms with E-state index in [4.69, 9.17) is 15.2 Å². The van der Waals surface area contributed by atoms with Gasteiger partial charge in [-0.15, -0.1) is 0 Å². The number of rotatable bonds is 6. The molecule has 4 N–H and O–H groups in total. The molecule has 0 aliphatic heterocycles. The van der Waals surface area contributed by atoms with Crippen LogP contribution in [0.1, 0.15) is 29.7 Å². The number of anilines is 1. The first kappa shape index (κ1) is 25.4. The number of amides is 1. The zero-order chi connectivity index (χ0) is 24.8. The van der Waals surface area contributed by atoms with E-state index >= 15 is 0 Å². The van der Waals surface area contributed by atoms with Gasteiger partial charge in [-0.2, -0.15) is 18.4 Å². The lowest BCUT2D eigenvalue weighted by molar-refractivity contribution is -0.192. The fourth-order valence-electron chi connectivity index (χ4n) is 3.12. The molecule has 0 spiro atoms. The molecule has 9 nitrogen and oxygen atoms in total. The Balaban J connectivity index is 0.000000479. The molecule has 1 amide bonds. The summed E-state index contributed by atoms with van der Waals surface area (Å²) in [5.74, 6) is -2.05. The number of carboxylic acids is 1. The molecule has 0 saturated heterocycles. The summed E-state index contributed by atoms with van der Waals surface area (Å²) < 4.78 is 31.7. The number of benzene rings is 1. The Labute approximate surface area is 187 Å². The highest BCUT2D eigenvalue weighted by atomic mass is 19.4. The third kappa shape index (κ3) is 7.36. The van der Waals surface area contributed by atoms with Crippen molar-refractivity contribution < 1.29 is 27.9 Å². The lowest BCUT2D eigenvalue weighted by Gasteiger charge is -2.15. The number of hydrogen-bond acceptors (Lipinski definition) is 5. The Morgan fingerprint density at radius 1 is 1.30 bits per heavy atom. The second-order valence-electron chi connectivity index (χ2n) is 7.32. The molecule has 1 aromatic carbocycles. The van der Waals surface area contributed by atoms with Gasteiger partial charge in [-0.3, -0.25) is 9.69 Å². The number of H-pyrrole nitrogens is 2. The third-order valence-corrected chi connectivity index (χ3v) is 4.59. The van der Waals surface area contributed by atoms with Gasteiger partial charge in [0.1, 0.15) is 17.6 Å². The summed E-state index contributed by atoms with van der Waals surface area (Å²) in [6.07, 6.45) is -2.66. The van der Waals surface area contributed by atoms with Crippen molar-refractivity contribution in [1.82, 2.24) is 19.9 Å². The topological polar surface area (TPSA) is 138 Å². The number of carboxylic acid groups (broad SMARTS) is 1. The molecule has 33 heavy (non-hydrogen) atoms. The Kier molecular flexibility index (Phi) is 8.20. The van der Waals surface area contributed by atoms with E-state index in [0.717, 1.165) is 41.1 Å². The van der Waals surface area contributed by atoms with Gasteiger partial charge < -0.3 is 20.4 Å². The van der Waals surface area contributed by atoms with Gasteiger partial charge in [-0.1, -0.05) is 0 Å². The first-order valence-electron chi connectivity index (χ1n) is 9.72. The molecule has 0 saturated carbocycles. The highest BCUT2D eigenvalue weighted by Crippen LogP contribution is 2.26. The van der Waals surface area contributed by atoms with Crippen LogP contribution in [0, 0.1) is 18.3 Å². The van der Waals surface area contributed by atoms with E-state index in [1.807, 2.05) is 25.2 Å². The van der Waals surface area contributed by atoms with Crippen LogP contribution in [0.3, 0.4) is 0 Å². The number of hydrogen-bond donors (Lipinski definition) is 4. The number of fused-ring (bicyclic) bond motifs is 1. The zero-order valence-electron chi connectivity index (χ0n) is 18.2. The zero-order valence-corrected chi connectivity index (χ0v) is 18.2. The number of halogens is 3. The van der Waals surface area contributed by atoms with E-state index in [2.05, 4.69) is 38.2 Å². The number of carbonyl (C=O) groups excluding carboxylic acids is 1. The maximum absolute atomic E-state index is 11.3. The molecule has 2 heterocycles. The van der Waals surface area contributed by atoms with Crippen LogP contribution >= 0.6 is 0 Å². The van der Waals surface area contributed by atoms with Crippen LogP contribution in [-0.4, -0.2) is 56.6 Å². The summed E-state index contributed by atoms with van der Waals surface area (Å²) in [5, 5.41) is 20.0. The van der Waals surface area contributed by atoms with E-state index in [1.165, 1.54) is 12.5 Å². The summed E-state index contributed by atoms with van der Waals surface area (Å²) in [4.78, 5) is 33.0. The minimum absolute atomic E-state index is 0.0759. The van der Waals surface area contributed by atoms with E-state index in [1.54, 1.807) is 6.20 Å². The molecule has 12 heteroatoms. The Bertz CT molecular complexity index is 1180. The maximum Gasteiger partial charge on any atom is 0.490 e. The Morgan fingerprint density at radius 2 is 1.97 bits per heavy atom. The van der Waals surface area contributed by atoms with Crippen molar-refractivity contribution in [3.8, 4) is 6.07 Å². The van der Waals surface area contributed by atoms with Crippen LogP contribution in [0.4, 0.5) is 18.9 Å². The summed E-state index contributed by atoms with van der Waals surface area (Å²) in [6, 6.07) is 7.96. The van der Waals surface area contributed by atoms with Gasteiger partial charge >= 0.3 is 12.1 Å². The lowest BCUT2D eigenvalue weighted by Crippen LogP contribution is -2.21. The van der Waals surface area contributed by atoms with Gasteiger partial charge in [-0.05, 0) is 44.2 Å². The number of carbonyl (C=O) groups is 2. The molecule has 2 aromatic heterocycles. The highest BCUT2D eigenvalue weighted by molar-refractivity contribution is 5.94. The van der Waals surface area contributed by atoms with Gasteiger partial charge in [0, 0.05) is 35.8 Å². The van der Waals surface area contributed by atoms with Crippen LogP contribution < -0.4 is 5.32 Å². The molecule has 3 aromatic rings. The number of imidazole rings is 1. The fraction of sp³-hybridized carbons (Fsp3) is 0.333. The average molecular weight is 464 g/mol. The van der Waals surface area contributed by atoms with E-state index < -0.39 is 12.1 Å². The molecule has 0 aliphatic rings. The minimum atomic E-state index is -5.08. The SMILES string of the molecule is CC(=O)Nc1ccc2[nH]c(C)c(CCN(C)Cc3ncc(C#N)[nH]3)c2c1.O=C(O)C(F)(F)F. The number of aryl methyl sites for hydroxylation is 1. The first-order chi connectivity index (χ1) is 15.4. The standard InChI is InChI=1S/C19H22N6O.C2HF3O2/c1-12-16(6-7-25(3)11-19-21-10-15(9-20)24-19)17-8-14(23-13(2)26)4-5-18(17)22-12;3-2(4,5)1(6)7/h4-5,8,10,22H,6-7,11H2,1-3H3,(H,21,24)(H,23,26);(H,6,7). The van der Waals surface area contributed by atoms with Crippen molar-refractivity contribution in [3.63, 3.8) is 0 Å². The van der Waals surface area contributed by atoms with Gasteiger partial charge in [0.15, 0.2) is 0 Å². The monoisotopic (exact) mass is 464 g/mol. The number of nitriles is 1. The first-order valence-corrected chi connectivity index (χ1v) is 9.72. The number of nitrogens with zero attached hydrogens (tertiary/aromatic N) is 3. The highest BCUT2D eigenvalue weighted by Gasteiger charge is 2.38. The smallest absolute Gasteiger partial charge is 0.475 e. The Morgan fingerprint density at radius 3 is 2.52 bits per heavy atom. The van der Waals surface area contributed by atoms with Crippen LogP contribution in [0.2, 0.25) is 0 Å². The lowest BCUT2D eigenvalue weighted by atomic mass is 10.1. The number of aromatic nitrogens is 3. The second kappa shape index (κ2) is 10.6. The number of likely N-dealkylation sites (N-methyl/N-ethyl adjacent to an activating group) is 1. The molecule has 0 aliphatic carbocycles. The molecular weight excluding hydrogens is 441 g/mol. The van der Waals surface area contributed by atoms with E-state index in [9.17, 15) is 18.0 Å². The normalized spacial score (nSPS) is 11.1. The number of nitrogens with one attached hydrogen (secondary N) is 3. The molecule has 0 fully saturated rings. The van der Waals surface area contributed by atoms with Gasteiger partial charge in [0.05, 0.1) is 12.7 Å². The summed E-state index contributed by atoms with van der Waals surface area (Å²) in [5.41, 5.74) is 4.73. The molecule has 3 rings (SSSR count). The maximum atomic E-state index is 11.3. The van der Waals surface area contributed by atoms with Crippen LogP contribution in [0.5, 0.6) is 0 Å². The van der Waals surface area contributed by atoms with Crippen LogP contribution in [0.15, 0.2) is 24.4 Å². The van der Waals surface area contributed by atoms with Gasteiger partial charge in [0.2, 0.25) is 5.91 Å². The Hall–Kier alpha value is -3.85. The summed E-state index contributed by atoms with van der Waals surface area (Å²) >= 11 is 0. The van der Waals surface area contributed by atoms with Gasteiger partial charge in [0.25, 0.3) is 0 Å². The van der Waals surface area contributed by atoms with Crippen LogP contribution in [-0.2, 0) is 22.6 Å². The number of aromatic amines is 2. The summed E-state index contributed by atoms with van der Waals surface area (Å²) in [6.45, 7) is 5.08. The number of alkyl halides is 3. The van der Waals surface area contributed by atoms with E-state index in [0.29, 0.717) is 12.2 Å². The predicted molar refractivity (Wildman–Crippen MR) is 114 cm³/mol. The molecule has 0 unspecified atom stereocenters. The second-order valence-corrected chi connectivity index (χ2v) is 7.32. The largest absolute Gasteiger partial charge is 0.490 e. The number of aliphatic carboxylic acids is 1. The van der Waals surface area contributed by atoms with Crippen molar-refractivity contribution in [2.24, 2.45) is 0 Å². The third-order valence-electron chi connectivity index (χ3n) is 4.59. The van der Waals surface area contributed by atoms with Crippen molar-refractivity contribution >= 4 is 28.5 Å². The predicted octanol–water partition coefficient (Wildman–Crippen LogP) is 3.34. The minimum Gasteiger partial charge on any atom is -0.475 e. The summed E-state index contributed by atoms with van der Waals surface area (Å²) in [7, 11) is 2.03. The van der Waals surface area contributed by atoms with E-state index in [-0.39, 0.29) is 5.91 Å². The van der Waals surface area contributed by atoms with Crippen molar-refractivity contribution in [2.45, 2.75) is 33.0 Å². The van der Waals surface area contributed by atoms with Crippen molar-refractivity contribution in [2.75, 3.05) is 18.9 Å². The molecule has 0 radical (unpaired) electrons. The van der Waals surface area contributed by atoms with Crippen molar-refractivity contribution in [1.29, 1.82) is 5.26 Å². The molecule has 176 valence electrons. The average Bonchev–Trinajstić information content (AvgIpc) is 3.28. The van der Waals surface area contributed by atoms with Gasteiger partial charge in [-0.25, -0.2) is 9.78 Å². The van der Waals surface area contributed by atoms with Crippen LogP contribution in [0.25, 0.3) is 10.9 Å².